The lowest BCUT2D eigenvalue weighted by atomic mass is 9.89. The van der Waals surface area contributed by atoms with Crippen LogP contribution in [0.5, 0.6) is 0 Å². The normalized spacial score (nSPS) is 24.6. The zero-order chi connectivity index (χ0) is 17.6. The van der Waals surface area contributed by atoms with E-state index in [1.54, 1.807) is 7.11 Å². The summed E-state index contributed by atoms with van der Waals surface area (Å²) in [5.74, 6) is 1.85. The molecule has 2 saturated heterocycles. The molecule has 0 saturated carbocycles. The van der Waals surface area contributed by atoms with Gasteiger partial charge in [0.1, 0.15) is 0 Å². The molecule has 140 valence electrons. The summed E-state index contributed by atoms with van der Waals surface area (Å²) < 4.78 is 5.66. The number of nitrogens with one attached hydrogen (secondary N) is 1. The van der Waals surface area contributed by atoms with Gasteiger partial charge in [0, 0.05) is 33.3 Å². The molecule has 0 aliphatic carbocycles. The predicted molar refractivity (Wildman–Crippen MR) is 102 cm³/mol. The molecule has 2 aliphatic rings. The van der Waals surface area contributed by atoms with Gasteiger partial charge in [-0.25, -0.2) is 0 Å². The van der Waals surface area contributed by atoms with Crippen LogP contribution in [0.25, 0.3) is 0 Å². The molecule has 2 aliphatic heterocycles. The molecule has 0 aromatic carbocycles. The second-order valence-electron chi connectivity index (χ2n) is 8.39. The van der Waals surface area contributed by atoms with E-state index in [4.69, 9.17) is 9.73 Å². The second kappa shape index (κ2) is 9.04. The van der Waals surface area contributed by atoms with E-state index in [1.165, 1.54) is 38.9 Å². The van der Waals surface area contributed by atoms with Crippen molar-refractivity contribution in [3.63, 3.8) is 0 Å². The molecular weight excluding hydrogens is 300 g/mol. The lowest BCUT2D eigenvalue weighted by molar-refractivity contribution is 0.0240. The summed E-state index contributed by atoms with van der Waals surface area (Å²) in [7, 11) is 1.79. The fourth-order valence-corrected chi connectivity index (χ4v) is 3.80. The van der Waals surface area contributed by atoms with Crippen molar-refractivity contribution in [2.45, 2.75) is 53.1 Å². The van der Waals surface area contributed by atoms with Gasteiger partial charge >= 0.3 is 0 Å². The smallest absolute Gasteiger partial charge is 0.194 e. The first-order valence-corrected chi connectivity index (χ1v) is 9.72. The Morgan fingerprint density at radius 3 is 2.54 bits per heavy atom. The highest BCUT2D eigenvalue weighted by Crippen LogP contribution is 2.23. The van der Waals surface area contributed by atoms with Gasteiger partial charge in [0.25, 0.3) is 0 Å². The van der Waals surface area contributed by atoms with Crippen LogP contribution >= 0.6 is 0 Å². The average Bonchev–Trinajstić information content (AvgIpc) is 3.18. The van der Waals surface area contributed by atoms with Crippen molar-refractivity contribution in [3.05, 3.63) is 0 Å². The van der Waals surface area contributed by atoms with E-state index in [1.807, 2.05) is 0 Å². The Kier molecular flexibility index (Phi) is 7.35. The summed E-state index contributed by atoms with van der Waals surface area (Å²) in [4.78, 5) is 9.97. The SMILES string of the molecule is CCNC(=NCC(OC)C(C)(C)C)N1CCC(CN2CCCC2)C1. The summed E-state index contributed by atoms with van der Waals surface area (Å²) in [5.41, 5.74) is 0.110. The highest BCUT2D eigenvalue weighted by atomic mass is 16.5. The quantitative estimate of drug-likeness (QED) is 0.596. The number of guanidine groups is 1. The Balaban J connectivity index is 1.90. The molecule has 2 heterocycles. The Labute approximate surface area is 148 Å². The zero-order valence-electron chi connectivity index (χ0n) is 16.5. The summed E-state index contributed by atoms with van der Waals surface area (Å²) in [5, 5.41) is 3.48. The van der Waals surface area contributed by atoms with Gasteiger partial charge in [-0.1, -0.05) is 20.8 Å². The average molecular weight is 339 g/mol. The topological polar surface area (TPSA) is 40.1 Å². The van der Waals surface area contributed by atoms with Crippen molar-refractivity contribution in [1.29, 1.82) is 0 Å². The molecule has 0 aromatic heterocycles. The largest absolute Gasteiger partial charge is 0.379 e. The van der Waals surface area contributed by atoms with Crippen LogP contribution < -0.4 is 5.32 Å². The molecule has 5 heteroatoms. The summed E-state index contributed by atoms with van der Waals surface area (Å²) in [6.07, 6.45) is 4.19. The molecule has 2 rings (SSSR count). The van der Waals surface area contributed by atoms with Crippen LogP contribution in [0.2, 0.25) is 0 Å². The Morgan fingerprint density at radius 1 is 1.25 bits per heavy atom. The van der Waals surface area contributed by atoms with E-state index >= 15 is 0 Å². The summed E-state index contributed by atoms with van der Waals surface area (Å²) in [6, 6.07) is 0. The Hall–Kier alpha value is -0.810. The number of nitrogens with zero attached hydrogens (tertiary/aromatic N) is 3. The highest BCUT2D eigenvalue weighted by molar-refractivity contribution is 5.80. The number of hydrogen-bond acceptors (Lipinski definition) is 3. The van der Waals surface area contributed by atoms with Crippen LogP contribution in [0.4, 0.5) is 0 Å². The first kappa shape index (κ1) is 19.5. The van der Waals surface area contributed by atoms with E-state index in [-0.39, 0.29) is 11.5 Å². The van der Waals surface area contributed by atoms with Gasteiger partial charge in [-0.05, 0) is 50.6 Å². The summed E-state index contributed by atoms with van der Waals surface area (Å²) >= 11 is 0. The number of rotatable bonds is 6. The molecule has 2 fully saturated rings. The minimum atomic E-state index is 0.110. The van der Waals surface area contributed by atoms with Crippen LogP contribution in [0.15, 0.2) is 4.99 Å². The third-order valence-corrected chi connectivity index (χ3v) is 5.29. The monoisotopic (exact) mass is 338 g/mol. The Morgan fingerprint density at radius 2 is 1.96 bits per heavy atom. The van der Waals surface area contributed by atoms with Crippen molar-refractivity contribution in [3.8, 4) is 0 Å². The molecule has 5 nitrogen and oxygen atoms in total. The molecule has 0 amide bonds. The van der Waals surface area contributed by atoms with Crippen molar-refractivity contribution < 1.29 is 4.74 Å². The number of hydrogen-bond donors (Lipinski definition) is 1. The fraction of sp³-hybridized carbons (Fsp3) is 0.947. The molecule has 0 bridgehead atoms. The standard InChI is InChI=1S/C19H38N4O/c1-6-20-18(21-13-17(24-5)19(2,3)4)23-12-9-16(15-23)14-22-10-7-8-11-22/h16-17H,6-15H2,1-5H3,(H,20,21). The third kappa shape index (κ3) is 5.62. The number of aliphatic imine (C=N–C) groups is 1. The molecule has 2 unspecified atom stereocenters. The van der Waals surface area contributed by atoms with Crippen molar-refractivity contribution >= 4 is 5.96 Å². The first-order chi connectivity index (χ1) is 11.4. The van der Waals surface area contributed by atoms with Crippen LogP contribution in [-0.4, -0.2) is 74.8 Å². The van der Waals surface area contributed by atoms with Crippen LogP contribution in [-0.2, 0) is 4.74 Å². The number of methoxy groups -OCH3 is 1. The van der Waals surface area contributed by atoms with E-state index in [0.29, 0.717) is 0 Å². The van der Waals surface area contributed by atoms with Crippen LogP contribution in [0, 0.1) is 11.3 Å². The molecule has 0 aromatic rings. The molecule has 1 N–H and O–H groups in total. The lowest BCUT2D eigenvalue weighted by Gasteiger charge is -2.29. The highest BCUT2D eigenvalue weighted by Gasteiger charge is 2.28. The van der Waals surface area contributed by atoms with E-state index in [2.05, 4.69) is 42.8 Å². The third-order valence-electron chi connectivity index (χ3n) is 5.29. The van der Waals surface area contributed by atoms with Gasteiger partial charge in [-0.2, -0.15) is 0 Å². The molecule has 24 heavy (non-hydrogen) atoms. The molecule has 0 spiro atoms. The van der Waals surface area contributed by atoms with Gasteiger partial charge in [0.15, 0.2) is 5.96 Å². The van der Waals surface area contributed by atoms with Crippen molar-refractivity contribution in [2.75, 3.05) is 52.9 Å². The zero-order valence-corrected chi connectivity index (χ0v) is 16.5. The Bertz CT molecular complexity index is 399. The maximum Gasteiger partial charge on any atom is 0.194 e. The minimum Gasteiger partial charge on any atom is -0.379 e. The summed E-state index contributed by atoms with van der Waals surface area (Å²) in [6.45, 7) is 16.5. The van der Waals surface area contributed by atoms with E-state index in [0.717, 1.165) is 38.1 Å². The fourth-order valence-electron chi connectivity index (χ4n) is 3.80. The van der Waals surface area contributed by atoms with Crippen LogP contribution in [0.1, 0.15) is 47.0 Å². The second-order valence-corrected chi connectivity index (χ2v) is 8.39. The van der Waals surface area contributed by atoms with Crippen molar-refractivity contribution in [1.82, 2.24) is 15.1 Å². The lowest BCUT2D eigenvalue weighted by Crippen LogP contribution is -2.42. The van der Waals surface area contributed by atoms with Crippen molar-refractivity contribution in [2.24, 2.45) is 16.3 Å². The van der Waals surface area contributed by atoms with Gasteiger partial charge in [-0.3, -0.25) is 4.99 Å². The minimum absolute atomic E-state index is 0.110. The first-order valence-electron chi connectivity index (χ1n) is 9.72. The van der Waals surface area contributed by atoms with E-state index in [9.17, 15) is 0 Å². The molecule has 2 atom stereocenters. The van der Waals surface area contributed by atoms with Gasteiger partial charge < -0.3 is 19.9 Å². The maximum absolute atomic E-state index is 5.66. The molecule has 0 radical (unpaired) electrons. The number of likely N-dealkylation sites (tertiary alicyclic amines) is 2. The van der Waals surface area contributed by atoms with Crippen LogP contribution in [0.3, 0.4) is 0 Å². The van der Waals surface area contributed by atoms with E-state index < -0.39 is 0 Å². The van der Waals surface area contributed by atoms with Gasteiger partial charge in [0.2, 0.25) is 0 Å². The van der Waals surface area contributed by atoms with Gasteiger partial charge in [0.05, 0.1) is 12.6 Å². The number of ether oxygens (including phenoxy) is 1. The predicted octanol–water partition coefficient (Wildman–Crippen LogP) is 2.43. The van der Waals surface area contributed by atoms with Gasteiger partial charge in [-0.15, -0.1) is 0 Å². The molecular formula is C19H38N4O. The maximum atomic E-state index is 5.66.